The van der Waals surface area contributed by atoms with Crippen LogP contribution >= 0.6 is 7.82 Å². The number of phosphoric acid groups is 1. The number of carbonyl (C=O) groups is 2. The van der Waals surface area contributed by atoms with Crippen molar-refractivity contribution in [3.8, 4) is 0 Å². The van der Waals surface area contributed by atoms with Crippen molar-refractivity contribution >= 4 is 19.7 Å². The summed E-state index contributed by atoms with van der Waals surface area (Å²) in [5, 5.41) is 2.82. The Morgan fingerprint density at radius 3 is 1.70 bits per heavy atom. The van der Waals surface area contributed by atoms with Crippen LogP contribution in [0, 0.1) is 0 Å². The Hall–Kier alpha value is 0.970. The van der Waals surface area contributed by atoms with Gasteiger partial charge >= 0.3 is 65.1 Å². The topological polar surface area (TPSA) is 146 Å². The Morgan fingerprint density at radius 1 is 0.698 bits per heavy atom. The number of phosphoric ester groups is 1. The van der Waals surface area contributed by atoms with E-state index in [1.807, 2.05) is 0 Å². The zero-order valence-corrected chi connectivity index (χ0v) is 32.8. The molecule has 1 amide bonds. The number of hydrogen-bond donors (Lipinski definition) is 1. The molecule has 1 atom stereocenters. The molecule has 0 spiro atoms. The number of amides is 1. The van der Waals surface area contributed by atoms with Crippen LogP contribution in [0.4, 0.5) is 0 Å². The molecule has 0 bridgehead atoms. The fourth-order valence-corrected chi connectivity index (χ4v) is 4.77. The minimum Gasteiger partial charge on any atom is -0.790 e. The number of ether oxygens (including phenoxy) is 3. The minimum atomic E-state index is -5.17. The van der Waals surface area contributed by atoms with Gasteiger partial charge in [0, 0.05) is 26.5 Å². The number of unbranched alkanes of at least 4 members (excludes halogenated alkanes) is 17. The molecule has 0 aromatic rings. The first-order valence-electron chi connectivity index (χ1n) is 16.0. The molecular formula is C30H58NNa2O9P. The molecule has 0 radical (unpaired) electrons. The first-order chi connectivity index (χ1) is 19.7. The van der Waals surface area contributed by atoms with Crippen molar-refractivity contribution in [1.29, 1.82) is 0 Å². The summed E-state index contributed by atoms with van der Waals surface area (Å²) >= 11 is 0. The zero-order valence-electron chi connectivity index (χ0n) is 27.9. The van der Waals surface area contributed by atoms with Crippen molar-refractivity contribution < 1.29 is 102 Å². The smallest absolute Gasteiger partial charge is 0.790 e. The van der Waals surface area contributed by atoms with E-state index in [2.05, 4.69) is 16.8 Å². The van der Waals surface area contributed by atoms with Gasteiger partial charge in [0.1, 0.15) is 12.9 Å². The molecule has 0 saturated heterocycles. The van der Waals surface area contributed by atoms with Crippen molar-refractivity contribution in [3.05, 3.63) is 0 Å². The summed E-state index contributed by atoms with van der Waals surface area (Å²) in [6.07, 6.45) is 20.9. The zero-order chi connectivity index (χ0) is 30.4. The first kappa shape index (κ1) is 48.4. The van der Waals surface area contributed by atoms with Crippen LogP contribution in [-0.2, 0) is 32.9 Å². The van der Waals surface area contributed by atoms with Gasteiger partial charge in [0.25, 0.3) is 0 Å². The van der Waals surface area contributed by atoms with Crippen molar-refractivity contribution in [2.75, 3.05) is 33.2 Å². The normalized spacial score (nSPS) is 11.8. The van der Waals surface area contributed by atoms with Gasteiger partial charge in [-0.15, -0.1) is 0 Å². The van der Waals surface area contributed by atoms with Crippen LogP contribution in [0.25, 0.3) is 0 Å². The van der Waals surface area contributed by atoms with Gasteiger partial charge in [0.05, 0.1) is 21.0 Å². The molecule has 0 aromatic carbocycles. The molecule has 0 aliphatic rings. The molecule has 43 heavy (non-hydrogen) atoms. The van der Waals surface area contributed by atoms with Crippen molar-refractivity contribution in [1.82, 2.24) is 5.32 Å². The van der Waals surface area contributed by atoms with Crippen LogP contribution in [-0.4, -0.2) is 51.1 Å². The third-order valence-electron chi connectivity index (χ3n) is 6.76. The van der Waals surface area contributed by atoms with E-state index in [9.17, 15) is 23.9 Å². The number of esters is 1. The molecule has 0 heterocycles. The van der Waals surface area contributed by atoms with Crippen LogP contribution < -0.4 is 74.2 Å². The maximum atomic E-state index is 12.2. The second-order valence-corrected chi connectivity index (χ2v) is 12.0. The third-order valence-corrected chi connectivity index (χ3v) is 7.23. The Labute approximate surface area is 306 Å². The second-order valence-electron chi connectivity index (χ2n) is 10.8. The summed E-state index contributed by atoms with van der Waals surface area (Å²) in [5.74, 6) is -0.415. The Kier molecular flexibility index (Phi) is 40.3. The van der Waals surface area contributed by atoms with Gasteiger partial charge in [0.15, 0.2) is 0 Å². The summed E-state index contributed by atoms with van der Waals surface area (Å²) in [7, 11) is -5.17. The number of hydrogen-bond acceptors (Lipinski definition) is 9. The summed E-state index contributed by atoms with van der Waals surface area (Å²) in [6, 6.07) is 0. The third kappa shape index (κ3) is 40.9. The van der Waals surface area contributed by atoms with E-state index in [-0.39, 0.29) is 84.8 Å². The van der Waals surface area contributed by atoms with E-state index >= 15 is 0 Å². The van der Waals surface area contributed by atoms with E-state index in [0.717, 1.165) is 45.1 Å². The van der Waals surface area contributed by atoms with Crippen LogP contribution in [0.15, 0.2) is 0 Å². The first-order valence-corrected chi connectivity index (χ1v) is 17.5. The molecule has 13 heteroatoms. The van der Waals surface area contributed by atoms with E-state index in [1.54, 1.807) is 6.92 Å². The second kappa shape index (κ2) is 35.8. The Bertz CT molecular complexity index is 672. The van der Waals surface area contributed by atoms with Gasteiger partial charge in [-0.05, 0) is 19.3 Å². The van der Waals surface area contributed by atoms with Crippen LogP contribution in [0.1, 0.15) is 142 Å². The molecule has 0 aliphatic heterocycles. The van der Waals surface area contributed by atoms with E-state index in [4.69, 9.17) is 14.2 Å². The Morgan fingerprint density at radius 2 is 1.19 bits per heavy atom. The standard InChI is InChI=1S/C30H60NO9P.2Na/c1-3-4-5-6-7-13-16-19-22-30(33)40-29(26-39-41(34,35)36)25-38-27-37-24-21-18-15-12-10-8-9-11-14-17-20-23-31-28(2)32;;/h29H,3-27H2,1-2H3,(H,31,32)(H2,34,35,36);;/q;2*+1/p-2/t29-;;/m0../s1. The van der Waals surface area contributed by atoms with Gasteiger partial charge in [-0.3, -0.25) is 9.59 Å². The molecule has 0 aliphatic carbocycles. The van der Waals surface area contributed by atoms with Crippen molar-refractivity contribution in [3.63, 3.8) is 0 Å². The molecule has 1 N–H and O–H groups in total. The maximum Gasteiger partial charge on any atom is 1.00 e. The van der Waals surface area contributed by atoms with Gasteiger partial charge < -0.3 is 38.4 Å². The van der Waals surface area contributed by atoms with Crippen LogP contribution in [0.2, 0.25) is 0 Å². The molecule has 244 valence electrons. The predicted octanol–water partition coefficient (Wildman–Crippen LogP) is -0.300. The summed E-state index contributed by atoms with van der Waals surface area (Å²) in [5.41, 5.74) is 0. The minimum absolute atomic E-state index is 0. The fourth-order valence-electron chi connectivity index (χ4n) is 4.42. The molecule has 0 unspecified atom stereocenters. The van der Waals surface area contributed by atoms with E-state index < -0.39 is 26.5 Å². The number of nitrogens with one attached hydrogen (secondary N) is 1. The fraction of sp³-hybridized carbons (Fsp3) is 0.933. The summed E-state index contributed by atoms with van der Waals surface area (Å²) in [6.45, 7) is 4.38. The van der Waals surface area contributed by atoms with Crippen molar-refractivity contribution in [2.45, 2.75) is 148 Å². The van der Waals surface area contributed by atoms with E-state index in [0.29, 0.717) is 13.0 Å². The van der Waals surface area contributed by atoms with Gasteiger partial charge in [-0.25, -0.2) is 0 Å². The average Bonchev–Trinajstić information content (AvgIpc) is 2.91. The summed E-state index contributed by atoms with van der Waals surface area (Å²) < 4.78 is 31.3. The van der Waals surface area contributed by atoms with Gasteiger partial charge in [0.2, 0.25) is 5.91 Å². The summed E-state index contributed by atoms with van der Waals surface area (Å²) in [4.78, 5) is 44.6. The molecular weight excluding hydrogens is 595 g/mol. The largest absolute Gasteiger partial charge is 1.00 e. The average molecular weight is 654 g/mol. The molecule has 0 saturated carbocycles. The number of rotatable bonds is 31. The van der Waals surface area contributed by atoms with Gasteiger partial charge in [-0.2, -0.15) is 0 Å². The monoisotopic (exact) mass is 653 g/mol. The molecule has 0 aromatic heterocycles. The van der Waals surface area contributed by atoms with Gasteiger partial charge in [-0.1, -0.05) is 110 Å². The number of carbonyl (C=O) groups excluding carboxylic acids is 2. The van der Waals surface area contributed by atoms with Crippen LogP contribution in [0.5, 0.6) is 0 Å². The Balaban J connectivity index is -0.00000800. The molecule has 0 fully saturated rings. The molecule has 10 nitrogen and oxygen atoms in total. The van der Waals surface area contributed by atoms with Crippen LogP contribution in [0.3, 0.4) is 0 Å². The van der Waals surface area contributed by atoms with E-state index in [1.165, 1.54) is 77.0 Å². The molecule has 0 rings (SSSR count). The maximum absolute atomic E-state index is 12.2. The quantitative estimate of drug-likeness (QED) is 0.0351. The predicted molar refractivity (Wildman–Crippen MR) is 157 cm³/mol. The van der Waals surface area contributed by atoms with Crippen molar-refractivity contribution in [2.24, 2.45) is 0 Å². The SMILES string of the molecule is CCCCCCCCCCC(=O)O[C@@H](COCOCCCCCCCCCCCCCNC(C)=O)COP(=O)([O-])[O-].[Na+].[Na+].